The van der Waals surface area contributed by atoms with E-state index in [0.717, 1.165) is 12.8 Å². The lowest BCUT2D eigenvalue weighted by atomic mass is 10.0. The normalized spacial score (nSPS) is 12.4. The summed E-state index contributed by atoms with van der Waals surface area (Å²) in [4.78, 5) is 0. The summed E-state index contributed by atoms with van der Waals surface area (Å²) in [7, 11) is 2.07. The largest absolute Gasteiger partial charge is 0.350 e. The third-order valence-corrected chi connectivity index (χ3v) is 2.93. The number of aromatic nitrogens is 1. The second-order valence-electron chi connectivity index (χ2n) is 4.11. The van der Waals surface area contributed by atoms with Gasteiger partial charge in [0.25, 0.3) is 0 Å². The predicted molar refractivity (Wildman–Crippen MR) is 72.0 cm³/mol. The first-order valence-electron chi connectivity index (χ1n) is 5.53. The van der Waals surface area contributed by atoms with Gasteiger partial charge in [-0.05, 0) is 18.1 Å². The Labute approximate surface area is 103 Å². The molecule has 0 saturated heterocycles. The molecule has 0 bridgehead atoms. The Morgan fingerprint density at radius 2 is 2.00 bits per heavy atom. The molecule has 1 atom stereocenters. The molecule has 0 amide bonds. The molecule has 2 N–H and O–H groups in total. The minimum atomic E-state index is 0. The zero-order chi connectivity index (χ0) is 10.8. The molecule has 1 aromatic heterocycles. The Kier molecular flexibility index (Phi) is 4.39. The first kappa shape index (κ1) is 13.1. The van der Waals surface area contributed by atoms with Crippen molar-refractivity contribution in [3.8, 4) is 0 Å². The molecule has 1 heterocycles. The highest BCUT2D eigenvalue weighted by atomic mass is 35.5. The fraction of sp³-hybridized carbons (Fsp3) is 0.385. The van der Waals surface area contributed by atoms with Crippen molar-refractivity contribution in [1.29, 1.82) is 0 Å². The quantitative estimate of drug-likeness (QED) is 0.873. The molecule has 2 aromatic rings. The molecular weight excluding hydrogens is 220 g/mol. The van der Waals surface area contributed by atoms with Crippen LogP contribution in [0.4, 0.5) is 0 Å². The van der Waals surface area contributed by atoms with E-state index in [1.54, 1.807) is 0 Å². The molecular formula is C13H19ClN2. The van der Waals surface area contributed by atoms with Crippen LogP contribution in [0.3, 0.4) is 0 Å². The van der Waals surface area contributed by atoms with Gasteiger partial charge in [0, 0.05) is 30.2 Å². The number of benzene rings is 1. The van der Waals surface area contributed by atoms with E-state index in [1.807, 2.05) is 0 Å². The highest BCUT2D eigenvalue weighted by molar-refractivity contribution is 5.85. The van der Waals surface area contributed by atoms with Crippen LogP contribution < -0.4 is 5.73 Å². The zero-order valence-electron chi connectivity index (χ0n) is 9.81. The Hall–Kier alpha value is -0.990. The number of para-hydroxylation sites is 1. The van der Waals surface area contributed by atoms with Crippen LogP contribution in [0.15, 0.2) is 30.5 Å². The predicted octanol–water partition coefficient (Wildman–Crippen LogP) is 3.40. The topological polar surface area (TPSA) is 30.9 Å². The van der Waals surface area contributed by atoms with Crippen LogP contribution in [-0.2, 0) is 7.05 Å². The fourth-order valence-electron chi connectivity index (χ4n) is 2.14. The summed E-state index contributed by atoms with van der Waals surface area (Å²) >= 11 is 0. The van der Waals surface area contributed by atoms with E-state index in [9.17, 15) is 0 Å². The smallest absolute Gasteiger partial charge is 0.0481 e. The van der Waals surface area contributed by atoms with Crippen LogP contribution in [0, 0.1) is 0 Å². The highest BCUT2D eigenvalue weighted by Crippen LogP contribution is 2.26. The molecule has 0 spiro atoms. The van der Waals surface area contributed by atoms with Gasteiger partial charge in [-0.1, -0.05) is 31.5 Å². The van der Waals surface area contributed by atoms with Gasteiger partial charge in [0.1, 0.15) is 0 Å². The van der Waals surface area contributed by atoms with Gasteiger partial charge >= 0.3 is 0 Å². The van der Waals surface area contributed by atoms with Gasteiger partial charge < -0.3 is 10.3 Å². The van der Waals surface area contributed by atoms with E-state index in [-0.39, 0.29) is 18.4 Å². The third-order valence-electron chi connectivity index (χ3n) is 2.93. The van der Waals surface area contributed by atoms with Crippen LogP contribution >= 0.6 is 12.4 Å². The Morgan fingerprint density at radius 1 is 1.31 bits per heavy atom. The van der Waals surface area contributed by atoms with E-state index >= 15 is 0 Å². The monoisotopic (exact) mass is 238 g/mol. The molecule has 16 heavy (non-hydrogen) atoms. The molecule has 2 rings (SSSR count). The number of rotatable bonds is 3. The summed E-state index contributed by atoms with van der Waals surface area (Å²) in [6.45, 7) is 2.17. The molecule has 0 unspecified atom stereocenters. The number of nitrogens with two attached hydrogens (primary N) is 1. The van der Waals surface area contributed by atoms with Gasteiger partial charge in [0.05, 0.1) is 0 Å². The number of hydrogen-bond donors (Lipinski definition) is 1. The molecule has 1 aromatic carbocycles. The van der Waals surface area contributed by atoms with Crippen molar-refractivity contribution < 1.29 is 0 Å². The maximum atomic E-state index is 6.17. The van der Waals surface area contributed by atoms with Crippen molar-refractivity contribution in [2.24, 2.45) is 12.8 Å². The molecule has 2 nitrogen and oxygen atoms in total. The van der Waals surface area contributed by atoms with Crippen LogP contribution in [0.25, 0.3) is 10.9 Å². The van der Waals surface area contributed by atoms with Crippen LogP contribution in [0.5, 0.6) is 0 Å². The average molecular weight is 239 g/mol. The fourth-order valence-corrected chi connectivity index (χ4v) is 2.14. The lowest BCUT2D eigenvalue weighted by Gasteiger charge is -2.08. The number of halogens is 1. The van der Waals surface area contributed by atoms with Crippen LogP contribution in [0.1, 0.15) is 31.4 Å². The Bertz CT molecular complexity index is 462. The van der Waals surface area contributed by atoms with E-state index in [0.29, 0.717) is 0 Å². The SMILES string of the molecule is CCC[C@H](N)c1cn(C)c2ccccc12.Cl. The number of hydrogen-bond acceptors (Lipinski definition) is 1. The minimum Gasteiger partial charge on any atom is -0.350 e. The van der Waals surface area contributed by atoms with Crippen molar-refractivity contribution in [1.82, 2.24) is 4.57 Å². The highest BCUT2D eigenvalue weighted by Gasteiger charge is 2.11. The van der Waals surface area contributed by atoms with Crippen molar-refractivity contribution >= 4 is 23.3 Å². The summed E-state index contributed by atoms with van der Waals surface area (Å²) in [5.41, 5.74) is 8.71. The van der Waals surface area contributed by atoms with Crippen molar-refractivity contribution in [2.75, 3.05) is 0 Å². The molecule has 0 saturated carbocycles. The Morgan fingerprint density at radius 3 is 2.69 bits per heavy atom. The lowest BCUT2D eigenvalue weighted by molar-refractivity contribution is 0.640. The maximum Gasteiger partial charge on any atom is 0.0481 e. The van der Waals surface area contributed by atoms with Gasteiger partial charge in [-0.3, -0.25) is 0 Å². The van der Waals surface area contributed by atoms with Crippen molar-refractivity contribution in [2.45, 2.75) is 25.8 Å². The minimum absolute atomic E-state index is 0. The summed E-state index contributed by atoms with van der Waals surface area (Å²) in [6, 6.07) is 8.60. The second-order valence-corrected chi connectivity index (χ2v) is 4.11. The first-order chi connectivity index (χ1) is 7.24. The molecule has 0 aliphatic carbocycles. The second kappa shape index (κ2) is 5.37. The maximum absolute atomic E-state index is 6.17. The average Bonchev–Trinajstić information content (AvgIpc) is 2.58. The van der Waals surface area contributed by atoms with E-state index in [4.69, 9.17) is 5.73 Å². The third kappa shape index (κ3) is 2.23. The van der Waals surface area contributed by atoms with E-state index in [1.165, 1.54) is 16.5 Å². The molecule has 0 aliphatic rings. The van der Waals surface area contributed by atoms with Crippen molar-refractivity contribution in [3.05, 3.63) is 36.0 Å². The number of nitrogens with zero attached hydrogens (tertiary/aromatic N) is 1. The lowest BCUT2D eigenvalue weighted by Crippen LogP contribution is -2.08. The summed E-state index contributed by atoms with van der Waals surface area (Å²) in [5, 5.41) is 1.29. The summed E-state index contributed by atoms with van der Waals surface area (Å²) < 4.78 is 2.15. The van der Waals surface area contributed by atoms with Gasteiger partial charge in [-0.25, -0.2) is 0 Å². The Balaban J connectivity index is 0.00000128. The molecule has 3 heteroatoms. The molecule has 0 aliphatic heterocycles. The van der Waals surface area contributed by atoms with Gasteiger partial charge in [-0.15, -0.1) is 12.4 Å². The van der Waals surface area contributed by atoms with Crippen molar-refractivity contribution in [3.63, 3.8) is 0 Å². The molecule has 88 valence electrons. The van der Waals surface area contributed by atoms with E-state index < -0.39 is 0 Å². The molecule has 0 radical (unpaired) electrons. The standard InChI is InChI=1S/C13H18N2.ClH/c1-3-6-12(14)11-9-15(2)13-8-5-4-7-10(11)13;/h4-5,7-9,12H,3,6,14H2,1-2H3;1H/t12-;/m0./s1. The van der Waals surface area contributed by atoms with E-state index in [2.05, 4.69) is 49.0 Å². The van der Waals surface area contributed by atoms with Crippen LogP contribution in [-0.4, -0.2) is 4.57 Å². The van der Waals surface area contributed by atoms with Gasteiger partial charge in [0.15, 0.2) is 0 Å². The molecule has 0 fully saturated rings. The summed E-state index contributed by atoms with van der Waals surface area (Å²) in [5.74, 6) is 0. The van der Waals surface area contributed by atoms with Gasteiger partial charge in [-0.2, -0.15) is 0 Å². The first-order valence-corrected chi connectivity index (χ1v) is 5.53. The van der Waals surface area contributed by atoms with Gasteiger partial charge in [0.2, 0.25) is 0 Å². The van der Waals surface area contributed by atoms with Crippen LogP contribution in [0.2, 0.25) is 0 Å². The summed E-state index contributed by atoms with van der Waals surface area (Å²) in [6.07, 6.45) is 4.34. The number of aryl methyl sites for hydroxylation is 1. The zero-order valence-corrected chi connectivity index (χ0v) is 10.6. The number of fused-ring (bicyclic) bond motifs is 1.